The first kappa shape index (κ1) is 19.0. The molecule has 0 radical (unpaired) electrons. The number of rotatable bonds is 3. The van der Waals surface area contributed by atoms with Gasteiger partial charge in [0, 0.05) is 23.6 Å². The molecule has 0 aliphatic rings. The van der Waals surface area contributed by atoms with E-state index in [1.807, 2.05) is 41.1 Å². The van der Waals surface area contributed by atoms with Gasteiger partial charge in [0.25, 0.3) is 0 Å². The van der Waals surface area contributed by atoms with E-state index >= 15 is 0 Å². The number of hydrogen-bond acceptors (Lipinski definition) is 2. The fourth-order valence-corrected chi connectivity index (χ4v) is 3.44. The number of fused-ring (bicyclic) bond motifs is 1. The lowest BCUT2D eigenvalue weighted by Gasteiger charge is -2.10. The van der Waals surface area contributed by atoms with Crippen LogP contribution in [-0.4, -0.2) is 9.55 Å². The monoisotopic (exact) mass is 411 g/mol. The van der Waals surface area contributed by atoms with Crippen LogP contribution in [0.1, 0.15) is 16.8 Å². The van der Waals surface area contributed by atoms with Crippen molar-refractivity contribution in [2.24, 2.45) is 0 Å². The Morgan fingerprint density at radius 3 is 2.41 bits per heavy atom. The largest absolute Gasteiger partial charge is 0.416 e. The molecule has 0 saturated carbocycles. The predicted octanol–water partition coefficient (Wildman–Crippen LogP) is 6.30. The van der Waals surface area contributed by atoms with Crippen LogP contribution < -0.4 is 0 Å². The van der Waals surface area contributed by atoms with E-state index in [1.165, 1.54) is 12.1 Å². The molecule has 7 heteroatoms. The number of pyridine rings is 1. The Hall–Kier alpha value is -3.30. The third kappa shape index (κ3) is 3.96. The molecular formula is C22H13ClF3N3. The van der Waals surface area contributed by atoms with E-state index in [0.717, 1.165) is 39.7 Å². The van der Waals surface area contributed by atoms with Crippen molar-refractivity contribution in [2.45, 2.75) is 12.7 Å². The van der Waals surface area contributed by atoms with Gasteiger partial charge in [-0.25, -0.2) is 4.98 Å². The van der Waals surface area contributed by atoms with Crippen molar-refractivity contribution in [3.05, 3.63) is 88.8 Å². The molecule has 0 bridgehead atoms. The molecule has 0 unspecified atom stereocenters. The van der Waals surface area contributed by atoms with Crippen molar-refractivity contribution in [3.8, 4) is 17.2 Å². The van der Waals surface area contributed by atoms with Crippen LogP contribution >= 0.6 is 11.6 Å². The molecule has 0 saturated heterocycles. The van der Waals surface area contributed by atoms with E-state index in [-0.39, 0.29) is 10.8 Å². The zero-order chi connectivity index (χ0) is 20.6. The number of nitrogens with zero attached hydrogens (tertiary/aromatic N) is 3. The predicted molar refractivity (Wildman–Crippen MR) is 105 cm³/mol. The molecule has 4 aromatic rings. The fraction of sp³-hybridized carbons (Fsp3) is 0.0909. The highest BCUT2D eigenvalue weighted by Crippen LogP contribution is 2.30. The quantitative estimate of drug-likeness (QED) is 0.371. The smallest absolute Gasteiger partial charge is 0.343 e. The summed E-state index contributed by atoms with van der Waals surface area (Å²) in [4.78, 5) is 3.94. The number of nitriles is 1. The second kappa shape index (κ2) is 7.26. The van der Waals surface area contributed by atoms with E-state index in [0.29, 0.717) is 6.54 Å². The van der Waals surface area contributed by atoms with Crippen LogP contribution in [0.5, 0.6) is 0 Å². The SMILES string of the molecule is N#Cc1cc(-c2ccc3c(ccn3Cc3ccc(C(F)(F)F)cc3)c2)cc(Cl)n1. The average Bonchev–Trinajstić information content (AvgIpc) is 3.09. The number of alkyl halides is 3. The molecular weight excluding hydrogens is 399 g/mol. The van der Waals surface area contributed by atoms with Crippen molar-refractivity contribution >= 4 is 22.5 Å². The van der Waals surface area contributed by atoms with E-state index in [2.05, 4.69) is 4.98 Å². The number of aromatic nitrogens is 2. The maximum atomic E-state index is 12.7. The van der Waals surface area contributed by atoms with Crippen LogP contribution in [0.4, 0.5) is 13.2 Å². The maximum Gasteiger partial charge on any atom is 0.416 e. The summed E-state index contributed by atoms with van der Waals surface area (Å²) < 4.78 is 40.1. The van der Waals surface area contributed by atoms with Gasteiger partial charge in [-0.1, -0.05) is 29.8 Å². The topological polar surface area (TPSA) is 41.6 Å². The van der Waals surface area contributed by atoms with Gasteiger partial charge in [0.1, 0.15) is 16.9 Å². The number of benzene rings is 2. The number of halogens is 4. The Bertz CT molecular complexity index is 1240. The fourth-order valence-electron chi connectivity index (χ4n) is 3.23. The maximum absolute atomic E-state index is 12.7. The Morgan fingerprint density at radius 1 is 0.966 bits per heavy atom. The third-order valence-corrected chi connectivity index (χ3v) is 4.84. The van der Waals surface area contributed by atoms with Gasteiger partial charge < -0.3 is 4.57 Å². The highest BCUT2D eigenvalue weighted by Gasteiger charge is 2.29. The Morgan fingerprint density at radius 2 is 1.72 bits per heavy atom. The van der Waals surface area contributed by atoms with E-state index in [4.69, 9.17) is 16.9 Å². The summed E-state index contributed by atoms with van der Waals surface area (Å²) in [6, 6.07) is 18.3. The second-order valence-corrected chi connectivity index (χ2v) is 6.97. The minimum Gasteiger partial charge on any atom is -0.343 e. The molecule has 0 atom stereocenters. The second-order valence-electron chi connectivity index (χ2n) is 6.59. The van der Waals surface area contributed by atoms with Crippen molar-refractivity contribution in [2.75, 3.05) is 0 Å². The van der Waals surface area contributed by atoms with Gasteiger partial charge in [-0.3, -0.25) is 0 Å². The lowest BCUT2D eigenvalue weighted by atomic mass is 10.0. The van der Waals surface area contributed by atoms with Crippen LogP contribution in [0.25, 0.3) is 22.0 Å². The molecule has 0 N–H and O–H groups in total. The molecule has 0 fully saturated rings. The molecule has 2 aromatic heterocycles. The standard InChI is InChI=1S/C22H13ClF3N3/c23-21-11-17(10-19(12-27)28-21)15-3-6-20-16(9-15)7-8-29(20)13-14-1-4-18(5-2-14)22(24,25)26/h1-11H,13H2. The lowest BCUT2D eigenvalue weighted by Crippen LogP contribution is -2.05. The molecule has 2 aromatic carbocycles. The highest BCUT2D eigenvalue weighted by molar-refractivity contribution is 6.29. The van der Waals surface area contributed by atoms with E-state index in [1.54, 1.807) is 12.1 Å². The molecule has 4 rings (SSSR count). The van der Waals surface area contributed by atoms with Crippen LogP contribution in [0.3, 0.4) is 0 Å². The average molecular weight is 412 g/mol. The molecule has 0 aliphatic heterocycles. The molecule has 3 nitrogen and oxygen atoms in total. The molecule has 0 aliphatic carbocycles. The first-order valence-corrected chi connectivity index (χ1v) is 9.04. The van der Waals surface area contributed by atoms with Crippen LogP contribution in [-0.2, 0) is 12.7 Å². The molecule has 144 valence electrons. The summed E-state index contributed by atoms with van der Waals surface area (Å²) >= 11 is 5.99. The summed E-state index contributed by atoms with van der Waals surface area (Å²) in [5.74, 6) is 0. The van der Waals surface area contributed by atoms with Crippen LogP contribution in [0.2, 0.25) is 5.15 Å². The highest BCUT2D eigenvalue weighted by atomic mass is 35.5. The lowest BCUT2D eigenvalue weighted by molar-refractivity contribution is -0.137. The zero-order valence-corrected chi connectivity index (χ0v) is 15.7. The minimum atomic E-state index is -4.34. The first-order chi connectivity index (χ1) is 13.8. The van der Waals surface area contributed by atoms with Gasteiger partial charge >= 0.3 is 6.18 Å². The summed E-state index contributed by atoms with van der Waals surface area (Å²) in [6.07, 6.45) is -2.44. The van der Waals surface area contributed by atoms with Crippen molar-refractivity contribution in [3.63, 3.8) is 0 Å². The molecule has 2 heterocycles. The normalized spacial score (nSPS) is 11.6. The van der Waals surface area contributed by atoms with E-state index < -0.39 is 11.7 Å². The van der Waals surface area contributed by atoms with E-state index in [9.17, 15) is 13.2 Å². The molecule has 0 amide bonds. The number of hydrogen-bond donors (Lipinski definition) is 0. The minimum absolute atomic E-state index is 0.243. The first-order valence-electron chi connectivity index (χ1n) is 8.66. The summed E-state index contributed by atoms with van der Waals surface area (Å²) in [5, 5.41) is 10.3. The Labute approximate surface area is 169 Å². The van der Waals surface area contributed by atoms with Gasteiger partial charge in [0.05, 0.1) is 5.56 Å². The third-order valence-electron chi connectivity index (χ3n) is 4.65. The zero-order valence-electron chi connectivity index (χ0n) is 14.9. The van der Waals surface area contributed by atoms with Gasteiger partial charge in [-0.15, -0.1) is 0 Å². The van der Waals surface area contributed by atoms with Crippen LogP contribution in [0, 0.1) is 11.3 Å². The molecule has 29 heavy (non-hydrogen) atoms. The van der Waals surface area contributed by atoms with Gasteiger partial charge in [-0.05, 0) is 59.2 Å². The van der Waals surface area contributed by atoms with Gasteiger partial charge in [0.15, 0.2) is 0 Å². The van der Waals surface area contributed by atoms with Gasteiger partial charge in [0.2, 0.25) is 0 Å². The Balaban J connectivity index is 1.64. The molecule has 0 spiro atoms. The Kier molecular flexibility index (Phi) is 4.77. The summed E-state index contributed by atoms with van der Waals surface area (Å²) in [5.41, 5.74) is 3.00. The van der Waals surface area contributed by atoms with Crippen LogP contribution in [0.15, 0.2) is 66.9 Å². The van der Waals surface area contributed by atoms with Crippen molar-refractivity contribution in [1.82, 2.24) is 9.55 Å². The summed E-state index contributed by atoms with van der Waals surface area (Å²) in [6.45, 7) is 0.459. The van der Waals surface area contributed by atoms with Gasteiger partial charge in [-0.2, -0.15) is 18.4 Å². The van der Waals surface area contributed by atoms with Crippen molar-refractivity contribution < 1.29 is 13.2 Å². The van der Waals surface area contributed by atoms with Crippen molar-refractivity contribution in [1.29, 1.82) is 5.26 Å². The summed E-state index contributed by atoms with van der Waals surface area (Å²) in [7, 11) is 0.